The number of rotatable bonds is 2. The number of aliphatic hydroxyl groups excluding tert-OH is 1. The summed E-state index contributed by atoms with van der Waals surface area (Å²) in [4.78, 5) is 0. The first-order valence-corrected chi connectivity index (χ1v) is 6.46. The molecule has 1 aromatic heterocycles. The van der Waals surface area contributed by atoms with Crippen molar-refractivity contribution < 1.29 is 13.9 Å². The van der Waals surface area contributed by atoms with E-state index in [1.54, 1.807) is 19.1 Å². The van der Waals surface area contributed by atoms with Gasteiger partial charge in [0.25, 0.3) is 0 Å². The van der Waals surface area contributed by atoms with Gasteiger partial charge in [-0.15, -0.1) is 0 Å². The van der Waals surface area contributed by atoms with Crippen LogP contribution in [0.3, 0.4) is 0 Å². The minimum Gasteiger partial charge on any atom is -0.450 e. The van der Waals surface area contributed by atoms with E-state index in [1.165, 1.54) is 12.1 Å². The maximum absolute atomic E-state index is 13.1. The third-order valence-electron chi connectivity index (χ3n) is 2.43. The van der Waals surface area contributed by atoms with Gasteiger partial charge in [0.05, 0.1) is 4.47 Å². The van der Waals surface area contributed by atoms with Crippen molar-refractivity contribution in [2.24, 2.45) is 0 Å². The summed E-state index contributed by atoms with van der Waals surface area (Å²) in [5.41, 5.74) is 1.09. The number of furan rings is 1. The molecule has 0 radical (unpaired) electrons. The van der Waals surface area contributed by atoms with Crippen LogP contribution in [0.5, 0.6) is 0 Å². The van der Waals surface area contributed by atoms with Gasteiger partial charge in [-0.05, 0) is 62.0 Å². The van der Waals surface area contributed by atoms with Gasteiger partial charge in [0, 0.05) is 0 Å². The summed E-state index contributed by atoms with van der Waals surface area (Å²) >= 11 is 6.47. The van der Waals surface area contributed by atoms with Crippen molar-refractivity contribution in [2.45, 2.75) is 13.0 Å². The lowest BCUT2D eigenvalue weighted by Gasteiger charge is -2.09. The minimum atomic E-state index is -0.906. The standard InChI is InChI=1S/C12H9Br2FO2/c1-6-4-7(2-3-9(6)15)11(16)10-5-8(13)12(14)17-10/h2-5,11,16H,1H3. The molecule has 0 aliphatic heterocycles. The molecule has 0 fully saturated rings. The molecular weight excluding hydrogens is 355 g/mol. The highest BCUT2D eigenvalue weighted by atomic mass is 79.9. The molecule has 0 amide bonds. The summed E-state index contributed by atoms with van der Waals surface area (Å²) in [6, 6.07) is 6.15. The average molecular weight is 364 g/mol. The lowest BCUT2D eigenvalue weighted by atomic mass is 10.0. The monoisotopic (exact) mass is 362 g/mol. The normalized spacial score (nSPS) is 12.8. The van der Waals surface area contributed by atoms with Crippen LogP contribution in [0.25, 0.3) is 0 Å². The van der Waals surface area contributed by atoms with Crippen LogP contribution in [-0.2, 0) is 0 Å². The molecule has 1 heterocycles. The van der Waals surface area contributed by atoms with Crippen LogP contribution < -0.4 is 0 Å². The maximum Gasteiger partial charge on any atom is 0.183 e. The van der Waals surface area contributed by atoms with Crippen LogP contribution >= 0.6 is 31.9 Å². The van der Waals surface area contributed by atoms with Gasteiger partial charge < -0.3 is 9.52 Å². The third kappa shape index (κ3) is 2.61. The molecule has 1 unspecified atom stereocenters. The second-order valence-electron chi connectivity index (χ2n) is 3.68. The molecule has 2 nitrogen and oxygen atoms in total. The van der Waals surface area contributed by atoms with Crippen LogP contribution in [0, 0.1) is 12.7 Å². The number of halogens is 3. The van der Waals surface area contributed by atoms with Crippen molar-refractivity contribution >= 4 is 31.9 Å². The maximum atomic E-state index is 13.1. The van der Waals surface area contributed by atoms with Gasteiger partial charge in [-0.3, -0.25) is 0 Å². The van der Waals surface area contributed by atoms with Crippen molar-refractivity contribution in [3.63, 3.8) is 0 Å². The summed E-state index contributed by atoms with van der Waals surface area (Å²) in [5, 5.41) is 10.1. The topological polar surface area (TPSA) is 33.4 Å². The number of aryl methyl sites for hydroxylation is 1. The van der Waals surface area contributed by atoms with E-state index in [-0.39, 0.29) is 5.82 Å². The highest BCUT2D eigenvalue weighted by Crippen LogP contribution is 2.32. The quantitative estimate of drug-likeness (QED) is 0.861. The molecule has 1 atom stereocenters. The lowest BCUT2D eigenvalue weighted by molar-refractivity contribution is 0.187. The highest BCUT2D eigenvalue weighted by molar-refractivity contribution is 9.13. The molecule has 1 aromatic carbocycles. The van der Waals surface area contributed by atoms with Crippen molar-refractivity contribution in [3.8, 4) is 0 Å². The summed E-state index contributed by atoms with van der Waals surface area (Å²) < 4.78 is 19.7. The van der Waals surface area contributed by atoms with E-state index in [9.17, 15) is 9.50 Å². The first-order chi connectivity index (χ1) is 7.99. The zero-order chi connectivity index (χ0) is 12.6. The zero-order valence-corrected chi connectivity index (χ0v) is 12.0. The smallest absolute Gasteiger partial charge is 0.183 e. The molecule has 0 saturated heterocycles. The molecule has 90 valence electrons. The third-order valence-corrected chi connectivity index (χ3v) is 4.14. The van der Waals surface area contributed by atoms with E-state index in [1.807, 2.05) is 0 Å². The molecule has 17 heavy (non-hydrogen) atoms. The van der Waals surface area contributed by atoms with Crippen molar-refractivity contribution in [3.05, 3.63) is 56.1 Å². The number of hydrogen-bond donors (Lipinski definition) is 1. The molecule has 0 aliphatic rings. The Morgan fingerprint density at radius 2 is 2.00 bits per heavy atom. The van der Waals surface area contributed by atoms with E-state index >= 15 is 0 Å². The Hall–Kier alpha value is -0.650. The predicted molar refractivity (Wildman–Crippen MR) is 69.3 cm³/mol. The fourth-order valence-corrected chi connectivity index (χ4v) is 2.11. The molecular formula is C12H9Br2FO2. The number of hydrogen-bond acceptors (Lipinski definition) is 2. The van der Waals surface area contributed by atoms with E-state index in [0.29, 0.717) is 21.6 Å². The Morgan fingerprint density at radius 1 is 1.29 bits per heavy atom. The van der Waals surface area contributed by atoms with Crippen molar-refractivity contribution in [1.82, 2.24) is 0 Å². The SMILES string of the molecule is Cc1cc(C(O)c2cc(Br)c(Br)o2)ccc1F. The van der Waals surface area contributed by atoms with Gasteiger partial charge in [-0.25, -0.2) is 4.39 Å². The summed E-state index contributed by atoms with van der Waals surface area (Å²) in [5.74, 6) is 0.109. The van der Waals surface area contributed by atoms with Gasteiger partial charge in [0.15, 0.2) is 4.67 Å². The first-order valence-electron chi connectivity index (χ1n) is 4.88. The molecule has 0 aliphatic carbocycles. The summed E-state index contributed by atoms with van der Waals surface area (Å²) in [6.45, 7) is 1.65. The summed E-state index contributed by atoms with van der Waals surface area (Å²) in [6.07, 6.45) is -0.906. The second kappa shape index (κ2) is 4.92. The van der Waals surface area contributed by atoms with E-state index in [2.05, 4.69) is 31.9 Å². The van der Waals surface area contributed by atoms with E-state index < -0.39 is 6.10 Å². The van der Waals surface area contributed by atoms with Gasteiger partial charge in [-0.1, -0.05) is 12.1 Å². The van der Waals surface area contributed by atoms with Gasteiger partial charge in [-0.2, -0.15) is 0 Å². The van der Waals surface area contributed by atoms with E-state index in [0.717, 1.165) is 4.47 Å². The zero-order valence-electron chi connectivity index (χ0n) is 8.88. The largest absolute Gasteiger partial charge is 0.450 e. The van der Waals surface area contributed by atoms with Gasteiger partial charge in [0.2, 0.25) is 0 Å². The molecule has 0 saturated carbocycles. The highest BCUT2D eigenvalue weighted by Gasteiger charge is 2.17. The number of aliphatic hydroxyl groups is 1. The van der Waals surface area contributed by atoms with Crippen molar-refractivity contribution in [2.75, 3.05) is 0 Å². The van der Waals surface area contributed by atoms with Crippen LogP contribution in [0.4, 0.5) is 4.39 Å². The Kier molecular flexibility index (Phi) is 3.70. The van der Waals surface area contributed by atoms with Crippen LogP contribution in [0.15, 0.2) is 37.8 Å². The lowest BCUT2D eigenvalue weighted by Crippen LogP contribution is -1.99. The fourth-order valence-electron chi connectivity index (χ4n) is 1.50. The summed E-state index contributed by atoms with van der Waals surface area (Å²) in [7, 11) is 0. The first kappa shape index (κ1) is 12.8. The van der Waals surface area contributed by atoms with Crippen LogP contribution in [0.2, 0.25) is 0 Å². The van der Waals surface area contributed by atoms with E-state index in [4.69, 9.17) is 4.42 Å². The second-order valence-corrected chi connectivity index (χ2v) is 5.26. The average Bonchev–Trinajstić information content (AvgIpc) is 2.62. The van der Waals surface area contributed by atoms with Gasteiger partial charge >= 0.3 is 0 Å². The Balaban J connectivity index is 2.36. The fraction of sp³-hybridized carbons (Fsp3) is 0.167. The Morgan fingerprint density at radius 3 is 2.53 bits per heavy atom. The van der Waals surface area contributed by atoms with Crippen LogP contribution in [-0.4, -0.2) is 5.11 Å². The molecule has 2 rings (SSSR count). The molecule has 0 bridgehead atoms. The molecule has 5 heteroatoms. The molecule has 1 N–H and O–H groups in total. The minimum absolute atomic E-state index is 0.289. The molecule has 0 spiro atoms. The predicted octanol–water partition coefficient (Wildman–Crippen LogP) is 4.33. The Bertz CT molecular complexity index is 532. The Labute approximate surface area is 115 Å². The van der Waals surface area contributed by atoms with Crippen molar-refractivity contribution in [1.29, 1.82) is 0 Å². The van der Waals surface area contributed by atoms with Crippen LogP contribution in [0.1, 0.15) is 23.0 Å². The molecule has 2 aromatic rings. The van der Waals surface area contributed by atoms with Gasteiger partial charge in [0.1, 0.15) is 17.7 Å². The number of benzene rings is 1.